The highest BCUT2D eigenvalue weighted by molar-refractivity contribution is 9.10. The predicted molar refractivity (Wildman–Crippen MR) is 124 cm³/mol. The standard InChI is InChI=1S/C25H16Br2O5/c1-24(21(28)14-6-8-15(26)9-7-14)20-18-4-2-3-5-19(18)32-23(30)25(20,24)22(29)31-17-12-10-16(27)11-13-17/h2-13,20H,1H3. The molecule has 0 aromatic heterocycles. The van der Waals surface area contributed by atoms with E-state index in [-0.39, 0.29) is 11.5 Å². The van der Waals surface area contributed by atoms with Crippen molar-refractivity contribution in [3.63, 3.8) is 0 Å². The number of carbonyl (C=O) groups excluding carboxylic acids is 3. The first-order valence-corrected chi connectivity index (χ1v) is 11.5. The van der Waals surface area contributed by atoms with Crippen molar-refractivity contribution in [3.8, 4) is 11.5 Å². The first kappa shape index (κ1) is 21.1. The molecule has 3 atom stereocenters. The second-order valence-corrected chi connectivity index (χ2v) is 9.88. The van der Waals surface area contributed by atoms with E-state index >= 15 is 0 Å². The molecular weight excluding hydrogens is 540 g/mol. The van der Waals surface area contributed by atoms with Gasteiger partial charge < -0.3 is 9.47 Å². The van der Waals surface area contributed by atoms with Gasteiger partial charge >= 0.3 is 11.9 Å². The van der Waals surface area contributed by atoms with Gasteiger partial charge in [0.2, 0.25) is 0 Å². The van der Waals surface area contributed by atoms with E-state index in [1.807, 2.05) is 0 Å². The smallest absolute Gasteiger partial charge is 0.330 e. The van der Waals surface area contributed by atoms with Crippen LogP contribution in [0.1, 0.15) is 28.8 Å². The van der Waals surface area contributed by atoms with Crippen LogP contribution in [0.5, 0.6) is 11.5 Å². The molecule has 0 bridgehead atoms. The first-order valence-electron chi connectivity index (χ1n) is 9.89. The molecule has 7 heteroatoms. The molecule has 3 aromatic rings. The number of ether oxygens (including phenoxy) is 2. The fraction of sp³-hybridized carbons (Fsp3) is 0.160. The molecule has 1 aliphatic heterocycles. The van der Waals surface area contributed by atoms with Crippen LogP contribution in [0.4, 0.5) is 0 Å². The van der Waals surface area contributed by atoms with Gasteiger partial charge in [0.15, 0.2) is 11.2 Å². The van der Waals surface area contributed by atoms with Crippen molar-refractivity contribution in [2.45, 2.75) is 12.8 Å². The monoisotopic (exact) mass is 554 g/mol. The highest BCUT2D eigenvalue weighted by Gasteiger charge is 2.89. The van der Waals surface area contributed by atoms with Gasteiger partial charge in [0.05, 0.1) is 5.41 Å². The quantitative estimate of drug-likeness (QED) is 0.178. The van der Waals surface area contributed by atoms with Gasteiger partial charge in [-0.25, -0.2) is 0 Å². The maximum atomic E-state index is 13.7. The lowest BCUT2D eigenvalue weighted by Gasteiger charge is -2.22. The molecule has 5 nitrogen and oxygen atoms in total. The van der Waals surface area contributed by atoms with E-state index < -0.39 is 28.7 Å². The lowest BCUT2D eigenvalue weighted by Crippen LogP contribution is -2.41. The first-order chi connectivity index (χ1) is 15.3. The van der Waals surface area contributed by atoms with Crippen LogP contribution in [0.3, 0.4) is 0 Å². The SMILES string of the molecule is CC1(C(=O)c2ccc(Br)cc2)C2c3ccccc3OC(=O)C21C(=O)Oc1ccc(Br)cc1. The number of ketones is 1. The van der Waals surface area contributed by atoms with Gasteiger partial charge in [0.25, 0.3) is 0 Å². The van der Waals surface area contributed by atoms with E-state index in [1.165, 1.54) is 0 Å². The van der Waals surface area contributed by atoms with Gasteiger partial charge in [-0.05, 0) is 49.4 Å². The lowest BCUT2D eigenvalue weighted by molar-refractivity contribution is -0.156. The number of hydrogen-bond acceptors (Lipinski definition) is 5. The third kappa shape index (κ3) is 2.84. The number of rotatable bonds is 4. The molecule has 2 aliphatic rings. The van der Waals surface area contributed by atoms with E-state index in [2.05, 4.69) is 31.9 Å². The van der Waals surface area contributed by atoms with E-state index in [0.717, 1.165) is 8.95 Å². The van der Waals surface area contributed by atoms with Crippen molar-refractivity contribution < 1.29 is 23.9 Å². The highest BCUT2D eigenvalue weighted by atomic mass is 79.9. The fourth-order valence-electron chi connectivity index (χ4n) is 4.80. The number of hydrogen-bond donors (Lipinski definition) is 0. The Morgan fingerprint density at radius 1 is 0.906 bits per heavy atom. The fourth-order valence-corrected chi connectivity index (χ4v) is 5.33. The number of fused-ring (bicyclic) bond motifs is 3. The van der Waals surface area contributed by atoms with Crippen LogP contribution in [0.2, 0.25) is 0 Å². The highest BCUT2D eigenvalue weighted by Crippen LogP contribution is 2.78. The molecule has 160 valence electrons. The zero-order valence-electron chi connectivity index (χ0n) is 16.8. The van der Waals surface area contributed by atoms with Crippen molar-refractivity contribution in [2.24, 2.45) is 10.8 Å². The summed E-state index contributed by atoms with van der Waals surface area (Å²) in [6.07, 6.45) is 0. The molecule has 1 aliphatic carbocycles. The maximum Gasteiger partial charge on any atom is 0.330 e. The zero-order chi connectivity index (χ0) is 22.7. The Morgan fingerprint density at radius 2 is 1.50 bits per heavy atom. The summed E-state index contributed by atoms with van der Waals surface area (Å²) >= 11 is 6.71. The van der Waals surface area contributed by atoms with E-state index in [0.29, 0.717) is 16.9 Å². The normalized spacial score (nSPS) is 25.2. The van der Waals surface area contributed by atoms with E-state index in [4.69, 9.17) is 9.47 Å². The summed E-state index contributed by atoms with van der Waals surface area (Å²) in [5.74, 6) is -1.92. The summed E-state index contributed by atoms with van der Waals surface area (Å²) in [6, 6.07) is 20.5. The average Bonchev–Trinajstić information content (AvgIpc) is 3.39. The van der Waals surface area contributed by atoms with Gasteiger partial charge in [-0.1, -0.05) is 62.2 Å². The van der Waals surface area contributed by atoms with Gasteiger partial charge in [0.1, 0.15) is 11.5 Å². The molecule has 3 aromatic carbocycles. The van der Waals surface area contributed by atoms with Crippen LogP contribution in [0.25, 0.3) is 0 Å². The summed E-state index contributed by atoms with van der Waals surface area (Å²) in [6.45, 7) is 1.65. The Kier molecular flexibility index (Phi) is 4.87. The van der Waals surface area contributed by atoms with Gasteiger partial charge in [0, 0.05) is 26.0 Å². The number of esters is 2. The topological polar surface area (TPSA) is 69.7 Å². The summed E-state index contributed by atoms with van der Waals surface area (Å²) in [7, 11) is 0. The number of Topliss-reactive ketones (excluding diaryl/α,β-unsaturated/α-hetero) is 1. The molecule has 0 saturated heterocycles. The molecule has 1 saturated carbocycles. The summed E-state index contributed by atoms with van der Waals surface area (Å²) in [5.41, 5.74) is -2.06. The van der Waals surface area contributed by atoms with Crippen LogP contribution in [0, 0.1) is 10.8 Å². The van der Waals surface area contributed by atoms with Crippen LogP contribution < -0.4 is 9.47 Å². The number of carbonyl (C=O) groups is 3. The summed E-state index contributed by atoms with van der Waals surface area (Å²) < 4.78 is 12.8. The Labute approximate surface area is 201 Å². The van der Waals surface area contributed by atoms with Crippen molar-refractivity contribution in [1.82, 2.24) is 0 Å². The van der Waals surface area contributed by atoms with Crippen LogP contribution in [0.15, 0.2) is 81.7 Å². The molecular formula is C25H16Br2O5. The lowest BCUT2D eigenvalue weighted by atomic mass is 9.87. The molecule has 32 heavy (non-hydrogen) atoms. The van der Waals surface area contributed by atoms with Crippen LogP contribution in [-0.4, -0.2) is 17.7 Å². The van der Waals surface area contributed by atoms with Gasteiger partial charge in [-0.15, -0.1) is 0 Å². The number of halogens is 2. The van der Waals surface area contributed by atoms with Crippen molar-refractivity contribution in [2.75, 3.05) is 0 Å². The summed E-state index contributed by atoms with van der Waals surface area (Å²) in [5, 5.41) is 0. The minimum absolute atomic E-state index is 0.281. The molecule has 5 rings (SSSR count). The molecule has 0 radical (unpaired) electrons. The van der Waals surface area contributed by atoms with Crippen LogP contribution >= 0.6 is 31.9 Å². The minimum Gasteiger partial charge on any atom is -0.426 e. The zero-order valence-corrected chi connectivity index (χ0v) is 20.0. The van der Waals surface area contributed by atoms with Crippen molar-refractivity contribution in [3.05, 3.63) is 92.9 Å². The second kappa shape index (κ2) is 7.39. The molecule has 0 N–H and O–H groups in total. The molecule has 0 amide bonds. The van der Waals surface area contributed by atoms with Crippen LogP contribution in [-0.2, 0) is 9.59 Å². The number of benzene rings is 3. The van der Waals surface area contributed by atoms with Crippen molar-refractivity contribution >= 4 is 49.6 Å². The Hall–Kier alpha value is -2.77. The Morgan fingerprint density at radius 3 is 2.16 bits per heavy atom. The van der Waals surface area contributed by atoms with Crippen molar-refractivity contribution in [1.29, 1.82) is 0 Å². The Balaban J connectivity index is 1.62. The van der Waals surface area contributed by atoms with E-state index in [9.17, 15) is 14.4 Å². The maximum absolute atomic E-state index is 13.7. The Bertz CT molecular complexity index is 1270. The summed E-state index contributed by atoms with van der Waals surface area (Å²) in [4.78, 5) is 40.6. The third-order valence-corrected chi connectivity index (χ3v) is 7.48. The minimum atomic E-state index is -1.77. The third-order valence-electron chi connectivity index (χ3n) is 6.43. The molecule has 1 heterocycles. The predicted octanol–water partition coefficient (Wildman–Crippen LogP) is 5.71. The molecule has 1 fully saturated rings. The van der Waals surface area contributed by atoms with Gasteiger partial charge in [-0.2, -0.15) is 0 Å². The molecule has 3 unspecified atom stereocenters. The second-order valence-electron chi connectivity index (χ2n) is 8.05. The molecule has 0 spiro atoms. The largest absolute Gasteiger partial charge is 0.426 e. The van der Waals surface area contributed by atoms with Gasteiger partial charge in [-0.3, -0.25) is 14.4 Å². The number of para-hydroxylation sites is 1. The average molecular weight is 556 g/mol. The van der Waals surface area contributed by atoms with E-state index in [1.54, 1.807) is 79.7 Å².